The van der Waals surface area contributed by atoms with Crippen LogP contribution in [-0.2, 0) is 16.1 Å². The first-order valence-corrected chi connectivity index (χ1v) is 6.19. The lowest BCUT2D eigenvalue weighted by Crippen LogP contribution is -2.28. The minimum atomic E-state index is 0.355. The van der Waals surface area contributed by atoms with Gasteiger partial charge in [0.25, 0.3) is 0 Å². The number of methoxy groups -OCH3 is 2. The molecule has 3 N–H and O–H groups in total. The number of aromatic nitrogens is 2. The lowest BCUT2D eigenvalue weighted by atomic mass is 10.4. The van der Waals surface area contributed by atoms with E-state index >= 15 is 0 Å². The van der Waals surface area contributed by atoms with Gasteiger partial charge in [0, 0.05) is 39.9 Å². The summed E-state index contributed by atoms with van der Waals surface area (Å²) >= 11 is 0. The first-order valence-electron chi connectivity index (χ1n) is 6.19. The van der Waals surface area contributed by atoms with Gasteiger partial charge in [-0.3, -0.25) is 0 Å². The van der Waals surface area contributed by atoms with Crippen LogP contribution in [-0.4, -0.2) is 62.4 Å². The molecule has 0 aromatic carbocycles. The summed E-state index contributed by atoms with van der Waals surface area (Å²) in [4.78, 5) is 10.6. The Morgan fingerprint density at radius 1 is 1.26 bits per heavy atom. The van der Waals surface area contributed by atoms with Crippen molar-refractivity contribution in [2.24, 2.45) is 0 Å². The number of hydrogen-bond acceptors (Lipinski definition) is 7. The molecule has 0 saturated carbocycles. The van der Waals surface area contributed by atoms with Gasteiger partial charge in [-0.25, -0.2) is 9.97 Å². The second-order valence-corrected chi connectivity index (χ2v) is 4.25. The molecule has 0 radical (unpaired) electrons. The molecule has 19 heavy (non-hydrogen) atoms. The molecule has 0 unspecified atom stereocenters. The van der Waals surface area contributed by atoms with Crippen LogP contribution >= 0.6 is 0 Å². The highest BCUT2D eigenvalue weighted by Gasteiger charge is 2.03. The molecule has 7 nitrogen and oxygen atoms in total. The summed E-state index contributed by atoms with van der Waals surface area (Å²) in [5.41, 5.74) is 5.71. The fraction of sp³-hybridized carbons (Fsp3) is 0.667. The zero-order valence-electron chi connectivity index (χ0n) is 11.8. The topological polar surface area (TPSA) is 85.5 Å². The Kier molecular flexibility index (Phi) is 7.09. The van der Waals surface area contributed by atoms with E-state index in [1.165, 1.54) is 0 Å². The van der Waals surface area contributed by atoms with Crippen LogP contribution in [0.25, 0.3) is 0 Å². The molecular formula is C12H23N5O2. The van der Waals surface area contributed by atoms with Crippen LogP contribution in [0.15, 0.2) is 6.07 Å². The van der Waals surface area contributed by atoms with Crippen molar-refractivity contribution in [3.8, 4) is 0 Å². The predicted octanol–water partition coefficient (Wildman–Crippen LogP) is 0.195. The molecule has 0 fully saturated rings. The molecule has 1 aromatic rings. The highest BCUT2D eigenvalue weighted by molar-refractivity contribution is 5.44. The van der Waals surface area contributed by atoms with Gasteiger partial charge in [-0.1, -0.05) is 0 Å². The van der Waals surface area contributed by atoms with Gasteiger partial charge in [0.1, 0.15) is 18.2 Å². The van der Waals surface area contributed by atoms with Crippen molar-refractivity contribution in [1.29, 1.82) is 0 Å². The van der Waals surface area contributed by atoms with Crippen molar-refractivity contribution in [3.63, 3.8) is 0 Å². The van der Waals surface area contributed by atoms with E-state index in [1.54, 1.807) is 20.3 Å². The third-order valence-corrected chi connectivity index (χ3v) is 2.54. The Bertz CT molecular complexity index is 375. The standard InChI is InChI=1S/C12H23N5O2/c1-17(6-7-18-2)5-4-14-11-8-10(13)15-12(16-11)9-19-3/h8H,4-7,9H2,1-3H3,(H3,13,14,15,16). The summed E-state index contributed by atoms with van der Waals surface area (Å²) in [6.45, 7) is 3.66. The summed E-state index contributed by atoms with van der Waals surface area (Å²) in [6, 6.07) is 1.72. The van der Waals surface area contributed by atoms with E-state index in [0.29, 0.717) is 18.2 Å². The Morgan fingerprint density at radius 2 is 2.05 bits per heavy atom. The molecule has 0 amide bonds. The molecule has 7 heteroatoms. The van der Waals surface area contributed by atoms with Crippen molar-refractivity contribution >= 4 is 11.6 Å². The fourth-order valence-electron chi connectivity index (χ4n) is 1.54. The van der Waals surface area contributed by atoms with Crippen LogP contribution in [0.5, 0.6) is 0 Å². The summed E-state index contributed by atoms with van der Waals surface area (Å²) in [5.74, 6) is 1.75. The monoisotopic (exact) mass is 269 g/mol. The van der Waals surface area contributed by atoms with Crippen LogP contribution in [0, 0.1) is 0 Å². The Labute approximate surface area is 114 Å². The minimum Gasteiger partial charge on any atom is -0.384 e. The van der Waals surface area contributed by atoms with Gasteiger partial charge >= 0.3 is 0 Å². The normalized spacial score (nSPS) is 10.9. The van der Waals surface area contributed by atoms with Gasteiger partial charge < -0.3 is 25.4 Å². The van der Waals surface area contributed by atoms with E-state index in [0.717, 1.165) is 32.1 Å². The van der Waals surface area contributed by atoms with Gasteiger partial charge in [-0.05, 0) is 7.05 Å². The number of nitrogens with two attached hydrogens (primary N) is 1. The van der Waals surface area contributed by atoms with Crippen LogP contribution in [0.4, 0.5) is 11.6 Å². The molecule has 0 aliphatic rings. The van der Waals surface area contributed by atoms with Crippen molar-refractivity contribution in [3.05, 3.63) is 11.9 Å². The van der Waals surface area contributed by atoms with Crippen molar-refractivity contribution in [1.82, 2.24) is 14.9 Å². The van der Waals surface area contributed by atoms with E-state index in [2.05, 4.69) is 20.2 Å². The zero-order valence-corrected chi connectivity index (χ0v) is 11.8. The Morgan fingerprint density at radius 3 is 2.74 bits per heavy atom. The highest BCUT2D eigenvalue weighted by Crippen LogP contribution is 2.08. The van der Waals surface area contributed by atoms with Gasteiger partial charge in [0.2, 0.25) is 0 Å². The Hall–Kier alpha value is -1.44. The molecule has 0 spiro atoms. The maximum atomic E-state index is 5.71. The molecule has 0 atom stereocenters. The van der Waals surface area contributed by atoms with Gasteiger partial charge in [-0.15, -0.1) is 0 Å². The summed E-state index contributed by atoms with van der Waals surface area (Å²) < 4.78 is 10.0. The first kappa shape index (κ1) is 15.6. The SMILES string of the molecule is COCCN(C)CCNc1cc(N)nc(COC)n1. The van der Waals surface area contributed by atoms with Crippen molar-refractivity contribution in [2.75, 3.05) is 58.6 Å². The minimum absolute atomic E-state index is 0.355. The number of ether oxygens (including phenoxy) is 2. The van der Waals surface area contributed by atoms with Gasteiger partial charge in [0.05, 0.1) is 6.61 Å². The largest absolute Gasteiger partial charge is 0.384 e. The lowest BCUT2D eigenvalue weighted by Gasteiger charge is -2.16. The quantitative estimate of drug-likeness (QED) is 0.662. The van der Waals surface area contributed by atoms with Gasteiger partial charge in [-0.2, -0.15) is 0 Å². The third-order valence-electron chi connectivity index (χ3n) is 2.54. The third kappa shape index (κ3) is 6.32. The average molecular weight is 269 g/mol. The number of hydrogen-bond donors (Lipinski definition) is 2. The summed E-state index contributed by atoms with van der Waals surface area (Å²) in [7, 11) is 5.35. The van der Waals surface area contributed by atoms with E-state index < -0.39 is 0 Å². The molecule has 0 saturated heterocycles. The van der Waals surface area contributed by atoms with Crippen molar-refractivity contribution < 1.29 is 9.47 Å². The number of nitrogen functional groups attached to an aromatic ring is 1. The molecular weight excluding hydrogens is 246 g/mol. The number of likely N-dealkylation sites (N-methyl/N-ethyl adjacent to an activating group) is 1. The number of anilines is 2. The summed E-state index contributed by atoms with van der Waals surface area (Å²) in [6.07, 6.45) is 0. The molecule has 0 aliphatic heterocycles. The lowest BCUT2D eigenvalue weighted by molar-refractivity contribution is 0.163. The second kappa shape index (κ2) is 8.63. The van der Waals surface area contributed by atoms with Crippen LogP contribution in [0.1, 0.15) is 5.82 Å². The molecule has 1 heterocycles. The molecule has 108 valence electrons. The fourth-order valence-corrected chi connectivity index (χ4v) is 1.54. The van der Waals surface area contributed by atoms with Crippen LogP contribution in [0.3, 0.4) is 0 Å². The second-order valence-electron chi connectivity index (χ2n) is 4.25. The molecule has 0 bridgehead atoms. The predicted molar refractivity (Wildman–Crippen MR) is 75.0 cm³/mol. The molecule has 1 aromatic heterocycles. The van der Waals surface area contributed by atoms with Crippen LogP contribution < -0.4 is 11.1 Å². The van der Waals surface area contributed by atoms with Crippen molar-refractivity contribution in [2.45, 2.75) is 6.61 Å². The molecule has 0 aliphatic carbocycles. The number of nitrogens with one attached hydrogen (secondary N) is 1. The number of rotatable bonds is 9. The average Bonchev–Trinajstić information content (AvgIpc) is 2.36. The molecule has 1 rings (SSSR count). The maximum absolute atomic E-state index is 5.71. The summed E-state index contributed by atoms with van der Waals surface area (Å²) in [5, 5.41) is 3.22. The van der Waals surface area contributed by atoms with E-state index in [-0.39, 0.29) is 0 Å². The van der Waals surface area contributed by atoms with E-state index in [1.807, 2.05) is 7.05 Å². The number of nitrogens with zero attached hydrogens (tertiary/aromatic N) is 3. The first-order chi connectivity index (χ1) is 9.15. The van der Waals surface area contributed by atoms with Gasteiger partial charge in [0.15, 0.2) is 5.82 Å². The van der Waals surface area contributed by atoms with Crippen LogP contribution in [0.2, 0.25) is 0 Å². The maximum Gasteiger partial charge on any atom is 0.158 e. The zero-order chi connectivity index (χ0) is 14.1. The Balaban J connectivity index is 2.40. The highest BCUT2D eigenvalue weighted by atomic mass is 16.5. The van der Waals surface area contributed by atoms with E-state index in [4.69, 9.17) is 15.2 Å². The smallest absolute Gasteiger partial charge is 0.158 e. The van der Waals surface area contributed by atoms with E-state index in [9.17, 15) is 0 Å².